The van der Waals surface area contributed by atoms with Crippen LogP contribution < -0.4 is 5.32 Å². The molecular formula is C25H21ClFN3O2. The van der Waals surface area contributed by atoms with Gasteiger partial charge in [0.2, 0.25) is 0 Å². The van der Waals surface area contributed by atoms with Gasteiger partial charge in [-0.1, -0.05) is 54.1 Å². The number of likely N-dealkylation sites (N-methyl/N-ethyl adjacent to an activating group) is 1. The third-order valence-corrected chi connectivity index (χ3v) is 5.55. The van der Waals surface area contributed by atoms with Crippen LogP contribution in [-0.2, 0) is 6.42 Å². The number of amidine groups is 1. The number of hydrogen-bond donors (Lipinski definition) is 1. The van der Waals surface area contributed by atoms with Crippen molar-refractivity contribution in [3.8, 4) is 0 Å². The summed E-state index contributed by atoms with van der Waals surface area (Å²) < 4.78 is 14.1. The zero-order chi connectivity index (χ0) is 22.7. The van der Waals surface area contributed by atoms with E-state index in [0.29, 0.717) is 16.7 Å². The molecule has 3 aromatic carbocycles. The van der Waals surface area contributed by atoms with Crippen LogP contribution in [0.15, 0.2) is 71.7 Å². The van der Waals surface area contributed by atoms with Crippen LogP contribution in [-0.4, -0.2) is 42.6 Å². The van der Waals surface area contributed by atoms with Crippen molar-refractivity contribution in [2.75, 3.05) is 25.5 Å². The summed E-state index contributed by atoms with van der Waals surface area (Å²) in [4.78, 5) is 32.2. The first-order valence-corrected chi connectivity index (χ1v) is 10.5. The number of carbonyl (C=O) groups excluding carboxylic acids is 2. The second kappa shape index (κ2) is 9.32. The Morgan fingerprint density at radius 3 is 2.53 bits per heavy atom. The molecule has 1 aliphatic rings. The Bertz CT molecular complexity index is 1210. The molecule has 0 atom stereocenters. The highest BCUT2D eigenvalue weighted by Crippen LogP contribution is 2.21. The Labute approximate surface area is 190 Å². The molecular weight excluding hydrogens is 429 g/mol. The van der Waals surface area contributed by atoms with Crippen molar-refractivity contribution in [2.24, 2.45) is 4.99 Å². The molecule has 1 amide bonds. The first-order valence-electron chi connectivity index (χ1n) is 10.2. The quantitative estimate of drug-likeness (QED) is 0.547. The van der Waals surface area contributed by atoms with E-state index in [2.05, 4.69) is 15.2 Å². The van der Waals surface area contributed by atoms with Crippen LogP contribution in [0.5, 0.6) is 0 Å². The average molecular weight is 450 g/mol. The van der Waals surface area contributed by atoms with E-state index in [-0.39, 0.29) is 22.9 Å². The van der Waals surface area contributed by atoms with Gasteiger partial charge in [-0.15, -0.1) is 0 Å². The predicted octanol–water partition coefficient (Wildman–Crippen LogP) is 4.85. The van der Waals surface area contributed by atoms with Crippen molar-refractivity contribution in [1.29, 1.82) is 0 Å². The number of carbonyl (C=O) groups is 2. The third kappa shape index (κ3) is 4.70. The van der Waals surface area contributed by atoms with Crippen molar-refractivity contribution in [2.45, 2.75) is 6.42 Å². The van der Waals surface area contributed by atoms with E-state index in [1.165, 1.54) is 12.1 Å². The molecule has 0 bridgehead atoms. The zero-order valence-electron chi connectivity index (χ0n) is 17.4. The maximum absolute atomic E-state index is 14.1. The number of rotatable bonds is 6. The number of aliphatic imine (C=N–C) groups is 1. The number of halogens is 2. The molecule has 0 radical (unpaired) electrons. The molecule has 32 heavy (non-hydrogen) atoms. The fourth-order valence-electron chi connectivity index (χ4n) is 3.60. The first kappa shape index (κ1) is 21.7. The van der Waals surface area contributed by atoms with Gasteiger partial charge in [-0.05, 0) is 29.8 Å². The molecule has 3 aromatic rings. The summed E-state index contributed by atoms with van der Waals surface area (Å²) in [6.45, 7) is 1.65. The second-order valence-electron chi connectivity index (χ2n) is 7.54. The Hall–Kier alpha value is -3.51. The lowest BCUT2D eigenvalue weighted by Gasteiger charge is -2.14. The number of hydrogen-bond acceptors (Lipinski definition) is 4. The standard InChI is InChI=1S/C25H21ClFN3O2/c1-30-13-12-28-24(30)17-8-6-16(7-9-17)23(31)14-18-4-2-3-5-20(18)25(32)29-22-11-10-19(26)15-21(22)27/h2-11,15H,12-14H2,1H3,(H,29,32). The summed E-state index contributed by atoms with van der Waals surface area (Å²) in [6.07, 6.45) is 0.0485. The SMILES string of the molecule is CN1CCN=C1c1ccc(C(=O)Cc2ccccc2C(=O)Nc2ccc(Cl)cc2F)cc1. The van der Waals surface area contributed by atoms with Gasteiger partial charge in [-0.25, -0.2) is 4.39 Å². The smallest absolute Gasteiger partial charge is 0.256 e. The molecule has 1 N–H and O–H groups in total. The monoisotopic (exact) mass is 449 g/mol. The van der Waals surface area contributed by atoms with E-state index in [4.69, 9.17) is 11.6 Å². The second-order valence-corrected chi connectivity index (χ2v) is 7.98. The van der Waals surface area contributed by atoms with Crippen LogP contribution in [0.3, 0.4) is 0 Å². The number of nitrogens with one attached hydrogen (secondary N) is 1. The van der Waals surface area contributed by atoms with Gasteiger partial charge in [0.05, 0.1) is 12.2 Å². The van der Waals surface area contributed by atoms with Gasteiger partial charge in [0.1, 0.15) is 11.7 Å². The number of Topliss-reactive ketones (excluding diaryl/α,β-unsaturated/α-hetero) is 1. The van der Waals surface area contributed by atoms with E-state index in [0.717, 1.165) is 30.6 Å². The summed E-state index contributed by atoms with van der Waals surface area (Å²) in [6, 6.07) is 18.1. The summed E-state index contributed by atoms with van der Waals surface area (Å²) in [5.74, 6) is -0.319. The molecule has 0 spiro atoms. The minimum atomic E-state index is -0.628. The van der Waals surface area contributed by atoms with Gasteiger partial charge < -0.3 is 10.2 Å². The van der Waals surface area contributed by atoms with Gasteiger partial charge in [0.25, 0.3) is 5.91 Å². The van der Waals surface area contributed by atoms with Crippen molar-refractivity contribution in [1.82, 2.24) is 4.90 Å². The molecule has 0 unspecified atom stereocenters. The lowest BCUT2D eigenvalue weighted by molar-refractivity contribution is 0.0992. The van der Waals surface area contributed by atoms with E-state index in [1.807, 2.05) is 19.2 Å². The number of anilines is 1. The molecule has 7 heteroatoms. The van der Waals surface area contributed by atoms with Crippen LogP contribution >= 0.6 is 11.6 Å². The third-order valence-electron chi connectivity index (χ3n) is 5.32. The van der Waals surface area contributed by atoms with Crippen LogP contribution in [0.4, 0.5) is 10.1 Å². The molecule has 5 nitrogen and oxygen atoms in total. The maximum atomic E-state index is 14.1. The highest BCUT2D eigenvalue weighted by molar-refractivity contribution is 6.30. The summed E-state index contributed by atoms with van der Waals surface area (Å²) in [5.41, 5.74) is 2.42. The highest BCUT2D eigenvalue weighted by Gasteiger charge is 2.18. The minimum Gasteiger partial charge on any atom is -0.358 e. The van der Waals surface area contributed by atoms with Gasteiger partial charge in [0.15, 0.2) is 5.78 Å². The molecule has 162 valence electrons. The summed E-state index contributed by atoms with van der Waals surface area (Å²) in [5, 5.41) is 2.79. The highest BCUT2D eigenvalue weighted by atomic mass is 35.5. The fraction of sp³-hybridized carbons (Fsp3) is 0.160. The Kier molecular flexibility index (Phi) is 6.32. The molecule has 0 fully saturated rings. The van der Waals surface area contributed by atoms with Crippen molar-refractivity contribution < 1.29 is 14.0 Å². The Morgan fingerprint density at radius 1 is 1.09 bits per heavy atom. The number of amides is 1. The van der Waals surface area contributed by atoms with Crippen LogP contribution in [0.25, 0.3) is 0 Å². The van der Waals surface area contributed by atoms with Crippen LogP contribution in [0, 0.1) is 5.82 Å². The number of benzene rings is 3. The number of nitrogens with zero attached hydrogens (tertiary/aromatic N) is 2. The van der Waals surface area contributed by atoms with Crippen molar-refractivity contribution >= 4 is 34.8 Å². The minimum absolute atomic E-state index is 0.0240. The topological polar surface area (TPSA) is 61.8 Å². The average Bonchev–Trinajstić information content (AvgIpc) is 3.22. The molecule has 1 aliphatic heterocycles. The molecule has 0 aliphatic carbocycles. The largest absolute Gasteiger partial charge is 0.358 e. The lowest BCUT2D eigenvalue weighted by Crippen LogP contribution is -2.23. The van der Waals surface area contributed by atoms with Gasteiger partial charge in [-0.2, -0.15) is 0 Å². The van der Waals surface area contributed by atoms with Crippen molar-refractivity contribution in [3.63, 3.8) is 0 Å². The van der Waals surface area contributed by atoms with Crippen LogP contribution in [0.2, 0.25) is 5.02 Å². The molecule has 0 aromatic heterocycles. The fourth-order valence-corrected chi connectivity index (χ4v) is 3.76. The Balaban J connectivity index is 1.50. The van der Waals surface area contributed by atoms with Gasteiger partial charge in [-0.3, -0.25) is 14.6 Å². The zero-order valence-corrected chi connectivity index (χ0v) is 18.2. The van der Waals surface area contributed by atoms with Gasteiger partial charge in [0, 0.05) is 41.7 Å². The molecule has 1 heterocycles. The van der Waals surface area contributed by atoms with Gasteiger partial charge >= 0.3 is 0 Å². The summed E-state index contributed by atoms with van der Waals surface area (Å²) >= 11 is 5.77. The molecule has 4 rings (SSSR count). The normalized spacial score (nSPS) is 13.1. The first-order chi connectivity index (χ1) is 15.4. The number of ketones is 1. The van der Waals surface area contributed by atoms with Crippen LogP contribution in [0.1, 0.15) is 31.8 Å². The van der Waals surface area contributed by atoms with E-state index in [1.54, 1.807) is 36.4 Å². The van der Waals surface area contributed by atoms with Crippen molar-refractivity contribution in [3.05, 3.63) is 99.8 Å². The Morgan fingerprint density at radius 2 is 1.84 bits per heavy atom. The summed E-state index contributed by atoms with van der Waals surface area (Å²) in [7, 11) is 1.99. The van der Waals surface area contributed by atoms with E-state index < -0.39 is 11.7 Å². The molecule has 0 saturated heterocycles. The maximum Gasteiger partial charge on any atom is 0.256 e. The lowest BCUT2D eigenvalue weighted by atomic mass is 9.97. The van der Waals surface area contributed by atoms with E-state index >= 15 is 0 Å². The molecule has 0 saturated carbocycles. The van der Waals surface area contributed by atoms with E-state index in [9.17, 15) is 14.0 Å². The predicted molar refractivity (Wildman–Crippen MR) is 124 cm³/mol.